The van der Waals surface area contributed by atoms with E-state index in [1.165, 1.54) is 0 Å². The maximum absolute atomic E-state index is 12.6. The molecule has 0 unspecified atom stereocenters. The number of hydrogen-bond donors (Lipinski definition) is 1. The van der Waals surface area contributed by atoms with Crippen molar-refractivity contribution in [2.24, 2.45) is 5.92 Å². The number of H-pyrrole nitrogens is 1. The van der Waals surface area contributed by atoms with E-state index >= 15 is 0 Å². The van der Waals surface area contributed by atoms with Gasteiger partial charge in [-0.05, 0) is 30.9 Å². The minimum absolute atomic E-state index is 0.178. The standard InChI is InChI=1S/C21H22N4O2/c26-20-18(7-4-10-23-20)21(27)24-12-8-16(9-13-24)15-25-14-11-22-19(25)17-5-2-1-3-6-17/h1-7,10-11,14,16H,8-9,12-13,15H2,(H,23,26). The van der Waals surface area contributed by atoms with Gasteiger partial charge in [0.05, 0.1) is 0 Å². The number of carbonyl (C=O) groups is 1. The van der Waals surface area contributed by atoms with Crippen LogP contribution in [0.3, 0.4) is 0 Å². The molecule has 1 aromatic carbocycles. The summed E-state index contributed by atoms with van der Waals surface area (Å²) in [6.07, 6.45) is 7.23. The van der Waals surface area contributed by atoms with Crippen molar-refractivity contribution in [1.82, 2.24) is 19.4 Å². The van der Waals surface area contributed by atoms with E-state index in [1.54, 1.807) is 23.2 Å². The summed E-state index contributed by atoms with van der Waals surface area (Å²) in [4.78, 5) is 33.3. The quantitative estimate of drug-likeness (QED) is 0.776. The molecule has 0 atom stereocenters. The molecule has 6 nitrogen and oxygen atoms in total. The fourth-order valence-electron chi connectivity index (χ4n) is 3.66. The number of hydrogen-bond acceptors (Lipinski definition) is 3. The number of piperidine rings is 1. The maximum Gasteiger partial charge on any atom is 0.260 e. The van der Waals surface area contributed by atoms with Crippen LogP contribution >= 0.6 is 0 Å². The average Bonchev–Trinajstić information content (AvgIpc) is 3.17. The Kier molecular flexibility index (Phi) is 4.87. The summed E-state index contributed by atoms with van der Waals surface area (Å²) in [6.45, 7) is 2.23. The van der Waals surface area contributed by atoms with Gasteiger partial charge in [0.25, 0.3) is 11.5 Å². The van der Waals surface area contributed by atoms with E-state index in [0.717, 1.165) is 30.8 Å². The van der Waals surface area contributed by atoms with Gasteiger partial charge in [-0.1, -0.05) is 30.3 Å². The Bertz CT molecular complexity index is 969. The minimum atomic E-state index is -0.324. The van der Waals surface area contributed by atoms with Gasteiger partial charge >= 0.3 is 0 Å². The first kappa shape index (κ1) is 17.3. The van der Waals surface area contributed by atoms with Crippen LogP contribution in [-0.2, 0) is 6.54 Å². The van der Waals surface area contributed by atoms with Crippen LogP contribution in [0.2, 0.25) is 0 Å². The summed E-state index contributed by atoms with van der Waals surface area (Å²) < 4.78 is 2.19. The summed E-state index contributed by atoms with van der Waals surface area (Å²) in [5.74, 6) is 1.28. The normalized spacial score (nSPS) is 15.0. The molecule has 1 saturated heterocycles. The highest BCUT2D eigenvalue weighted by Crippen LogP contribution is 2.23. The molecule has 0 radical (unpaired) electrons. The molecule has 2 aromatic heterocycles. The largest absolute Gasteiger partial charge is 0.338 e. The summed E-state index contributed by atoms with van der Waals surface area (Å²) >= 11 is 0. The first-order valence-corrected chi connectivity index (χ1v) is 9.26. The molecule has 1 aliphatic heterocycles. The molecule has 0 saturated carbocycles. The monoisotopic (exact) mass is 362 g/mol. The van der Waals surface area contributed by atoms with Gasteiger partial charge in [0.15, 0.2) is 0 Å². The number of nitrogens with zero attached hydrogens (tertiary/aromatic N) is 3. The van der Waals surface area contributed by atoms with Gasteiger partial charge in [-0.3, -0.25) is 9.59 Å². The smallest absolute Gasteiger partial charge is 0.260 e. The van der Waals surface area contributed by atoms with Crippen LogP contribution in [-0.4, -0.2) is 38.4 Å². The van der Waals surface area contributed by atoms with Gasteiger partial charge in [0, 0.05) is 43.8 Å². The Morgan fingerprint density at radius 1 is 1.11 bits per heavy atom. The first-order valence-electron chi connectivity index (χ1n) is 9.26. The fraction of sp³-hybridized carbons (Fsp3) is 0.286. The van der Waals surface area contributed by atoms with Gasteiger partial charge in [0.2, 0.25) is 0 Å². The molecule has 138 valence electrons. The predicted octanol–water partition coefficient (Wildman–Crippen LogP) is 2.79. The molecule has 1 N–H and O–H groups in total. The summed E-state index contributed by atoms with van der Waals surface area (Å²) in [5, 5.41) is 0. The lowest BCUT2D eigenvalue weighted by atomic mass is 9.96. The second kappa shape index (κ2) is 7.61. The van der Waals surface area contributed by atoms with E-state index in [-0.39, 0.29) is 17.0 Å². The second-order valence-corrected chi connectivity index (χ2v) is 6.92. The third-order valence-corrected chi connectivity index (χ3v) is 5.15. The van der Waals surface area contributed by atoms with Crippen LogP contribution < -0.4 is 5.56 Å². The number of nitrogens with one attached hydrogen (secondary N) is 1. The first-order chi connectivity index (χ1) is 13.2. The van der Waals surface area contributed by atoms with E-state index in [2.05, 4.69) is 26.7 Å². The molecule has 0 spiro atoms. The molecule has 0 bridgehead atoms. The molecule has 6 heteroatoms. The highest BCUT2D eigenvalue weighted by atomic mass is 16.2. The van der Waals surface area contributed by atoms with Crippen molar-refractivity contribution < 1.29 is 4.79 Å². The molecule has 0 aliphatic carbocycles. The molecular weight excluding hydrogens is 340 g/mol. The molecule has 1 aliphatic rings. The van der Waals surface area contributed by atoms with E-state index in [0.29, 0.717) is 19.0 Å². The zero-order chi connectivity index (χ0) is 18.6. The molecule has 1 fully saturated rings. The van der Waals surface area contributed by atoms with Crippen molar-refractivity contribution in [2.45, 2.75) is 19.4 Å². The summed E-state index contributed by atoms with van der Waals surface area (Å²) in [6, 6.07) is 13.4. The number of rotatable bonds is 4. The number of benzene rings is 1. The topological polar surface area (TPSA) is 71.0 Å². The molecule has 3 heterocycles. The summed E-state index contributed by atoms with van der Waals surface area (Å²) in [5.41, 5.74) is 1.01. The Morgan fingerprint density at radius 2 is 1.89 bits per heavy atom. The minimum Gasteiger partial charge on any atom is -0.338 e. The second-order valence-electron chi connectivity index (χ2n) is 6.92. The van der Waals surface area contributed by atoms with Crippen molar-refractivity contribution in [3.8, 4) is 11.4 Å². The van der Waals surface area contributed by atoms with Crippen molar-refractivity contribution in [3.05, 3.63) is 77.0 Å². The number of pyridine rings is 1. The van der Waals surface area contributed by atoms with Gasteiger partial charge in [-0.15, -0.1) is 0 Å². The number of aromatic amines is 1. The molecule has 27 heavy (non-hydrogen) atoms. The molecular formula is C21H22N4O2. The van der Waals surface area contributed by atoms with Crippen LogP contribution in [0.1, 0.15) is 23.2 Å². The van der Waals surface area contributed by atoms with Crippen LogP contribution in [0, 0.1) is 5.92 Å². The maximum atomic E-state index is 12.6. The van der Waals surface area contributed by atoms with Crippen LogP contribution in [0.5, 0.6) is 0 Å². The third-order valence-electron chi connectivity index (χ3n) is 5.15. The lowest BCUT2D eigenvalue weighted by molar-refractivity contribution is 0.0681. The van der Waals surface area contributed by atoms with Crippen LogP contribution in [0.25, 0.3) is 11.4 Å². The number of amides is 1. The lowest BCUT2D eigenvalue weighted by Gasteiger charge is -2.32. The Morgan fingerprint density at radius 3 is 2.63 bits per heavy atom. The van der Waals surface area contributed by atoms with Crippen molar-refractivity contribution in [2.75, 3.05) is 13.1 Å². The lowest BCUT2D eigenvalue weighted by Crippen LogP contribution is -2.41. The van der Waals surface area contributed by atoms with Gasteiger partial charge in [-0.25, -0.2) is 4.98 Å². The fourth-order valence-corrected chi connectivity index (χ4v) is 3.66. The van der Waals surface area contributed by atoms with Crippen molar-refractivity contribution >= 4 is 5.91 Å². The molecule has 4 rings (SSSR count). The van der Waals surface area contributed by atoms with E-state index < -0.39 is 0 Å². The number of aromatic nitrogens is 3. The van der Waals surface area contributed by atoms with Crippen molar-refractivity contribution in [3.63, 3.8) is 0 Å². The summed E-state index contributed by atoms with van der Waals surface area (Å²) in [7, 11) is 0. The van der Waals surface area contributed by atoms with E-state index in [4.69, 9.17) is 0 Å². The Balaban J connectivity index is 1.40. The zero-order valence-electron chi connectivity index (χ0n) is 15.0. The van der Waals surface area contributed by atoms with Crippen molar-refractivity contribution in [1.29, 1.82) is 0 Å². The molecule has 1 amide bonds. The van der Waals surface area contributed by atoms with Gasteiger partial charge in [-0.2, -0.15) is 0 Å². The van der Waals surface area contributed by atoms with E-state index in [9.17, 15) is 9.59 Å². The van der Waals surface area contributed by atoms with Gasteiger partial charge in [0.1, 0.15) is 11.4 Å². The highest BCUT2D eigenvalue weighted by molar-refractivity contribution is 5.93. The number of carbonyl (C=O) groups excluding carboxylic acids is 1. The number of imidazole rings is 1. The average molecular weight is 362 g/mol. The predicted molar refractivity (Wildman–Crippen MR) is 103 cm³/mol. The van der Waals surface area contributed by atoms with Crippen LogP contribution in [0.4, 0.5) is 0 Å². The molecule has 3 aromatic rings. The highest BCUT2D eigenvalue weighted by Gasteiger charge is 2.25. The SMILES string of the molecule is O=C(c1ccc[nH]c1=O)N1CCC(Cn2ccnc2-c2ccccc2)CC1. The third kappa shape index (κ3) is 3.69. The van der Waals surface area contributed by atoms with Gasteiger partial charge < -0.3 is 14.5 Å². The zero-order valence-corrected chi connectivity index (χ0v) is 15.0. The van der Waals surface area contributed by atoms with E-state index in [1.807, 2.05) is 30.6 Å². The number of likely N-dealkylation sites (tertiary alicyclic amines) is 1. The Hall–Kier alpha value is -3.15. The Labute approximate surface area is 157 Å². The van der Waals surface area contributed by atoms with Crippen LogP contribution in [0.15, 0.2) is 65.8 Å².